The number of benzene rings is 2. The molecule has 2 aromatic carbocycles. The molecule has 2 aromatic rings. The number of hydrogen-bond acceptors (Lipinski definition) is 3. The van der Waals surface area contributed by atoms with Gasteiger partial charge in [0.1, 0.15) is 6.61 Å². The molecule has 0 N–H and O–H groups in total. The summed E-state index contributed by atoms with van der Waals surface area (Å²) in [5, 5.41) is 0. The van der Waals surface area contributed by atoms with Crippen LogP contribution in [0.15, 0.2) is 76.5 Å². The summed E-state index contributed by atoms with van der Waals surface area (Å²) in [7, 11) is 0. The molecule has 0 aliphatic rings. The van der Waals surface area contributed by atoms with Gasteiger partial charge in [-0.25, -0.2) is 4.79 Å². The van der Waals surface area contributed by atoms with Gasteiger partial charge in [-0.2, -0.15) is 0 Å². The molecule has 108 valence electrons. The Kier molecular flexibility index (Phi) is 5.20. The molecule has 0 aromatic heterocycles. The second-order valence-electron chi connectivity index (χ2n) is 4.59. The van der Waals surface area contributed by atoms with Crippen LogP contribution in [0.4, 0.5) is 0 Å². The summed E-state index contributed by atoms with van der Waals surface area (Å²) in [6.07, 6.45) is 0. The summed E-state index contributed by atoms with van der Waals surface area (Å²) in [5.74, 6) is -0.426. The fourth-order valence-corrected chi connectivity index (χ4v) is 2.84. The van der Waals surface area contributed by atoms with Gasteiger partial charge in [-0.3, -0.25) is 0 Å². The Hall–Kier alpha value is -2.04. The van der Waals surface area contributed by atoms with Crippen LogP contribution in [0.3, 0.4) is 0 Å². The number of rotatable bonds is 5. The smallest absolute Gasteiger partial charge is 0.333 e. The first-order chi connectivity index (χ1) is 10.1. The molecule has 0 spiro atoms. The zero-order valence-corrected chi connectivity index (χ0v) is 12.6. The number of esters is 1. The highest BCUT2D eigenvalue weighted by atomic mass is 32.2. The molecule has 21 heavy (non-hydrogen) atoms. The lowest BCUT2D eigenvalue weighted by molar-refractivity contribution is -0.140. The van der Waals surface area contributed by atoms with Crippen molar-refractivity contribution in [3.8, 4) is 0 Å². The van der Waals surface area contributed by atoms with Crippen molar-refractivity contribution >= 4 is 17.1 Å². The van der Waals surface area contributed by atoms with Crippen LogP contribution in [0.1, 0.15) is 12.5 Å². The van der Waals surface area contributed by atoms with Crippen molar-refractivity contribution in [1.82, 2.24) is 0 Å². The summed E-state index contributed by atoms with van der Waals surface area (Å²) < 4.78 is 17.5. The van der Waals surface area contributed by atoms with E-state index in [2.05, 4.69) is 6.58 Å². The summed E-state index contributed by atoms with van der Waals surface area (Å²) in [5.41, 5.74) is 1.16. The molecule has 0 heterocycles. The minimum Gasteiger partial charge on any atom is -0.606 e. The van der Waals surface area contributed by atoms with Crippen LogP contribution in [-0.4, -0.2) is 10.5 Å². The van der Waals surface area contributed by atoms with Gasteiger partial charge in [0.25, 0.3) is 0 Å². The van der Waals surface area contributed by atoms with E-state index in [0.29, 0.717) is 10.5 Å². The molecule has 4 heteroatoms. The van der Waals surface area contributed by atoms with Crippen LogP contribution in [0.25, 0.3) is 0 Å². The quantitative estimate of drug-likeness (QED) is 0.482. The van der Waals surface area contributed by atoms with E-state index < -0.39 is 17.1 Å². The van der Waals surface area contributed by atoms with E-state index in [9.17, 15) is 9.35 Å². The molecule has 0 radical (unpaired) electrons. The lowest BCUT2D eigenvalue weighted by Crippen LogP contribution is -2.06. The SMILES string of the molecule is C=C(C)C(=O)OCc1cccc([S+]([O-])c2ccccc2)c1. The predicted octanol–water partition coefficient (Wildman–Crippen LogP) is 3.47. The Morgan fingerprint density at radius 2 is 1.81 bits per heavy atom. The summed E-state index contributed by atoms with van der Waals surface area (Å²) in [6.45, 7) is 5.27. The van der Waals surface area contributed by atoms with Crippen molar-refractivity contribution in [2.75, 3.05) is 0 Å². The zero-order valence-electron chi connectivity index (χ0n) is 11.7. The Labute approximate surface area is 127 Å². The molecule has 3 nitrogen and oxygen atoms in total. The molecular formula is C17H16O3S. The standard InChI is InChI=1S/C17H16O3S/c1-13(2)17(18)20-12-14-7-6-10-16(11-14)21(19)15-8-4-3-5-9-15/h3-11H,1,12H2,2H3. The third-order valence-electron chi connectivity index (χ3n) is 2.79. The third kappa shape index (κ3) is 4.21. The van der Waals surface area contributed by atoms with Crippen LogP contribution in [0, 0.1) is 0 Å². The molecule has 0 aliphatic carbocycles. The van der Waals surface area contributed by atoms with E-state index in [0.717, 1.165) is 10.5 Å². The second kappa shape index (κ2) is 7.11. The van der Waals surface area contributed by atoms with Gasteiger partial charge in [-0.05, 0) is 30.7 Å². The van der Waals surface area contributed by atoms with Gasteiger partial charge < -0.3 is 9.29 Å². The third-order valence-corrected chi connectivity index (χ3v) is 4.17. The van der Waals surface area contributed by atoms with Gasteiger partial charge in [-0.15, -0.1) is 0 Å². The van der Waals surface area contributed by atoms with Crippen molar-refractivity contribution in [2.45, 2.75) is 23.3 Å². The molecule has 0 bridgehead atoms. The maximum absolute atomic E-state index is 12.4. The van der Waals surface area contributed by atoms with E-state index in [1.165, 1.54) is 0 Å². The van der Waals surface area contributed by atoms with Gasteiger partial charge >= 0.3 is 5.97 Å². The number of carbonyl (C=O) groups is 1. The van der Waals surface area contributed by atoms with Gasteiger partial charge in [-0.1, -0.05) is 36.9 Å². The normalized spacial score (nSPS) is 11.7. The molecule has 1 atom stereocenters. The topological polar surface area (TPSA) is 49.4 Å². The van der Waals surface area contributed by atoms with E-state index in [1.54, 1.807) is 25.1 Å². The lowest BCUT2D eigenvalue weighted by atomic mass is 10.2. The van der Waals surface area contributed by atoms with E-state index in [4.69, 9.17) is 4.74 Å². The first-order valence-corrected chi connectivity index (χ1v) is 7.61. The highest BCUT2D eigenvalue weighted by Gasteiger charge is 2.15. The Morgan fingerprint density at radius 3 is 2.48 bits per heavy atom. The van der Waals surface area contributed by atoms with Crippen LogP contribution < -0.4 is 0 Å². The Morgan fingerprint density at radius 1 is 1.14 bits per heavy atom. The molecule has 0 amide bonds. The van der Waals surface area contributed by atoms with Crippen molar-refractivity contribution in [3.63, 3.8) is 0 Å². The predicted molar refractivity (Wildman–Crippen MR) is 82.2 cm³/mol. The first-order valence-electron chi connectivity index (χ1n) is 6.46. The van der Waals surface area contributed by atoms with Crippen molar-refractivity contribution in [3.05, 3.63) is 72.3 Å². The highest BCUT2D eigenvalue weighted by molar-refractivity contribution is 7.91. The van der Waals surface area contributed by atoms with Gasteiger partial charge in [0.2, 0.25) is 0 Å². The lowest BCUT2D eigenvalue weighted by Gasteiger charge is -2.11. The molecule has 0 saturated heterocycles. The molecule has 0 saturated carbocycles. The minimum absolute atomic E-state index is 0.144. The van der Waals surface area contributed by atoms with Crippen molar-refractivity contribution in [2.24, 2.45) is 0 Å². The zero-order chi connectivity index (χ0) is 15.2. The molecule has 0 fully saturated rings. The van der Waals surface area contributed by atoms with E-state index in [-0.39, 0.29) is 6.61 Å². The number of hydrogen-bond donors (Lipinski definition) is 0. The van der Waals surface area contributed by atoms with Gasteiger partial charge in [0.05, 0.1) is 0 Å². The largest absolute Gasteiger partial charge is 0.606 e. The molecule has 1 unspecified atom stereocenters. The maximum Gasteiger partial charge on any atom is 0.333 e. The summed E-state index contributed by atoms with van der Waals surface area (Å²) >= 11 is -1.24. The second-order valence-corrected chi connectivity index (χ2v) is 6.07. The monoisotopic (exact) mass is 300 g/mol. The van der Waals surface area contributed by atoms with Gasteiger partial charge in [0.15, 0.2) is 9.79 Å². The fraction of sp³-hybridized carbons (Fsp3) is 0.118. The van der Waals surface area contributed by atoms with Crippen LogP contribution in [-0.2, 0) is 27.3 Å². The fourth-order valence-electron chi connectivity index (χ4n) is 1.70. The van der Waals surface area contributed by atoms with E-state index >= 15 is 0 Å². The average Bonchev–Trinajstić information content (AvgIpc) is 2.53. The van der Waals surface area contributed by atoms with Crippen molar-refractivity contribution in [1.29, 1.82) is 0 Å². The minimum atomic E-state index is -1.24. The Balaban J connectivity index is 2.11. The van der Waals surface area contributed by atoms with Crippen LogP contribution >= 0.6 is 0 Å². The van der Waals surface area contributed by atoms with Crippen LogP contribution in [0.5, 0.6) is 0 Å². The Bertz CT molecular complexity index is 637. The summed E-state index contributed by atoms with van der Waals surface area (Å²) in [4.78, 5) is 12.8. The first kappa shape index (κ1) is 15.4. The van der Waals surface area contributed by atoms with Gasteiger partial charge in [0, 0.05) is 22.8 Å². The summed E-state index contributed by atoms with van der Waals surface area (Å²) in [6, 6.07) is 16.5. The molecule has 0 aliphatic heterocycles. The van der Waals surface area contributed by atoms with E-state index in [1.807, 2.05) is 36.4 Å². The molecule has 2 rings (SSSR count). The van der Waals surface area contributed by atoms with Crippen LogP contribution in [0.2, 0.25) is 0 Å². The maximum atomic E-state index is 12.4. The van der Waals surface area contributed by atoms with Crippen molar-refractivity contribution < 1.29 is 14.1 Å². The molecular weight excluding hydrogens is 284 g/mol. The number of carbonyl (C=O) groups excluding carboxylic acids is 1. The highest BCUT2D eigenvalue weighted by Crippen LogP contribution is 2.21. The average molecular weight is 300 g/mol. The number of ether oxygens (including phenoxy) is 1.